The Hall–Kier alpha value is -3.50. The number of nitrogens with two attached hydrogens (primary N) is 2. The van der Waals surface area contributed by atoms with Crippen LogP contribution in [0.25, 0.3) is 0 Å². The normalized spacial score (nSPS) is 11.9. The first-order chi connectivity index (χ1) is 9.99. The molecule has 0 amide bonds. The minimum atomic E-state index is -0.601. The minimum absolute atomic E-state index is 0.0235. The number of phenols is 1. The number of benzene rings is 1. The smallest absolute Gasteiger partial charge is 0.270 e. The first-order valence-corrected chi connectivity index (χ1v) is 5.41. The van der Waals surface area contributed by atoms with Gasteiger partial charge in [0.15, 0.2) is 17.3 Å². The molecular formula is C10H9N7O4. The number of anilines is 1. The van der Waals surface area contributed by atoms with Crippen molar-refractivity contribution >= 4 is 23.6 Å². The molecule has 1 heterocycles. The topological polar surface area (TPSA) is 179 Å². The van der Waals surface area contributed by atoms with Crippen LogP contribution in [0.4, 0.5) is 11.5 Å². The highest BCUT2D eigenvalue weighted by molar-refractivity contribution is 5.99. The van der Waals surface area contributed by atoms with Gasteiger partial charge < -0.3 is 16.6 Å². The lowest BCUT2D eigenvalue weighted by atomic mass is 10.2. The van der Waals surface area contributed by atoms with Crippen molar-refractivity contribution < 1.29 is 14.7 Å². The number of non-ortho nitro benzene ring substituents is 1. The van der Waals surface area contributed by atoms with Crippen LogP contribution in [0, 0.1) is 10.1 Å². The summed E-state index contributed by atoms with van der Waals surface area (Å²) < 4.78 is 4.34. The van der Waals surface area contributed by atoms with Gasteiger partial charge in [0.1, 0.15) is 5.75 Å². The molecule has 11 nitrogen and oxygen atoms in total. The molecule has 0 radical (unpaired) electrons. The molecule has 1 aromatic carbocycles. The monoisotopic (exact) mass is 291 g/mol. The Labute approximate surface area is 116 Å². The molecule has 0 aliphatic heterocycles. The van der Waals surface area contributed by atoms with Gasteiger partial charge in [-0.05, 0) is 16.4 Å². The molecule has 11 heteroatoms. The largest absolute Gasteiger partial charge is 0.507 e. The SMILES string of the molecule is NC(=N/N=C/c1cc([N+](=O)[O-])ccc1O)c1nonc1N. The standard InChI is InChI=1S/C10H9N7O4/c11-9(8-10(12)16-21-15-8)14-13-4-5-3-6(17(19)20)1-2-7(5)18/h1-4,18H,(H2,11,14)(H2,12,16)/b13-4+. The van der Waals surface area contributed by atoms with Crippen LogP contribution in [-0.4, -0.2) is 32.4 Å². The number of aromatic hydroxyl groups is 1. The minimum Gasteiger partial charge on any atom is -0.507 e. The van der Waals surface area contributed by atoms with E-state index in [1.165, 1.54) is 6.07 Å². The molecule has 0 spiro atoms. The lowest BCUT2D eigenvalue weighted by Gasteiger charge is -1.97. The Bertz CT molecular complexity index is 737. The maximum atomic E-state index is 10.6. The summed E-state index contributed by atoms with van der Waals surface area (Å²) in [5, 5.41) is 34.1. The highest BCUT2D eigenvalue weighted by Crippen LogP contribution is 2.21. The first kappa shape index (κ1) is 13.9. The van der Waals surface area contributed by atoms with Gasteiger partial charge in [-0.1, -0.05) is 0 Å². The van der Waals surface area contributed by atoms with Gasteiger partial charge in [0.25, 0.3) is 5.69 Å². The molecule has 0 saturated carbocycles. The van der Waals surface area contributed by atoms with Crippen LogP contribution in [0.1, 0.15) is 11.3 Å². The second-order valence-corrected chi connectivity index (χ2v) is 3.73. The third kappa shape index (κ3) is 3.09. The van der Waals surface area contributed by atoms with Gasteiger partial charge in [-0.15, -0.1) is 5.10 Å². The predicted molar refractivity (Wildman–Crippen MR) is 71.8 cm³/mol. The van der Waals surface area contributed by atoms with Gasteiger partial charge in [0, 0.05) is 17.7 Å². The van der Waals surface area contributed by atoms with Crippen molar-refractivity contribution in [2.24, 2.45) is 15.9 Å². The molecule has 0 atom stereocenters. The molecule has 2 rings (SSSR count). The van der Waals surface area contributed by atoms with Crippen LogP contribution in [0.2, 0.25) is 0 Å². The van der Waals surface area contributed by atoms with Gasteiger partial charge in [-0.2, -0.15) is 5.10 Å². The van der Waals surface area contributed by atoms with Crippen molar-refractivity contribution in [3.63, 3.8) is 0 Å². The molecule has 1 aromatic heterocycles. The molecule has 108 valence electrons. The van der Waals surface area contributed by atoms with Crippen molar-refractivity contribution in [1.82, 2.24) is 10.3 Å². The summed E-state index contributed by atoms with van der Waals surface area (Å²) in [5.41, 5.74) is 10.9. The summed E-state index contributed by atoms with van der Waals surface area (Å²) in [6.07, 6.45) is 1.10. The Morgan fingerprint density at radius 1 is 1.48 bits per heavy atom. The van der Waals surface area contributed by atoms with Gasteiger partial charge >= 0.3 is 0 Å². The zero-order chi connectivity index (χ0) is 15.4. The maximum Gasteiger partial charge on any atom is 0.270 e. The average molecular weight is 291 g/mol. The number of nitrogen functional groups attached to an aromatic ring is 1. The molecule has 21 heavy (non-hydrogen) atoms. The average Bonchev–Trinajstić information content (AvgIpc) is 2.86. The van der Waals surface area contributed by atoms with Crippen LogP contribution < -0.4 is 11.5 Å². The predicted octanol–water partition coefficient (Wildman–Crippen LogP) is 0.00500. The van der Waals surface area contributed by atoms with E-state index in [4.69, 9.17) is 11.5 Å². The molecule has 0 saturated heterocycles. The van der Waals surface area contributed by atoms with Crippen molar-refractivity contribution in [3.05, 3.63) is 39.6 Å². The molecule has 0 aliphatic rings. The fourth-order valence-electron chi connectivity index (χ4n) is 1.33. The van der Waals surface area contributed by atoms with E-state index >= 15 is 0 Å². The zero-order valence-electron chi connectivity index (χ0n) is 10.4. The Morgan fingerprint density at radius 2 is 2.24 bits per heavy atom. The summed E-state index contributed by atoms with van der Waals surface area (Å²) >= 11 is 0. The van der Waals surface area contributed by atoms with Crippen LogP contribution in [0.3, 0.4) is 0 Å². The van der Waals surface area contributed by atoms with Crippen molar-refractivity contribution in [2.75, 3.05) is 5.73 Å². The molecule has 5 N–H and O–H groups in total. The van der Waals surface area contributed by atoms with Crippen LogP contribution >= 0.6 is 0 Å². The highest BCUT2D eigenvalue weighted by atomic mass is 16.6. The number of rotatable bonds is 4. The number of nitro benzene ring substituents is 1. The summed E-state index contributed by atoms with van der Waals surface area (Å²) in [6, 6.07) is 3.47. The zero-order valence-corrected chi connectivity index (χ0v) is 10.4. The van der Waals surface area contributed by atoms with E-state index < -0.39 is 4.92 Å². The molecule has 0 unspecified atom stereocenters. The van der Waals surface area contributed by atoms with Gasteiger partial charge in [-0.25, -0.2) is 4.63 Å². The van der Waals surface area contributed by atoms with Crippen LogP contribution in [-0.2, 0) is 0 Å². The fourth-order valence-corrected chi connectivity index (χ4v) is 1.33. The van der Waals surface area contributed by atoms with Crippen molar-refractivity contribution in [2.45, 2.75) is 0 Å². The van der Waals surface area contributed by atoms with E-state index in [2.05, 4.69) is 25.1 Å². The van der Waals surface area contributed by atoms with Crippen molar-refractivity contribution in [1.29, 1.82) is 0 Å². The van der Waals surface area contributed by atoms with Gasteiger partial charge in [-0.3, -0.25) is 10.1 Å². The summed E-state index contributed by atoms with van der Waals surface area (Å²) in [7, 11) is 0. The molecule has 0 bridgehead atoms. The van der Waals surface area contributed by atoms with Gasteiger partial charge in [0.2, 0.25) is 0 Å². The molecule has 0 fully saturated rings. The third-order valence-corrected chi connectivity index (χ3v) is 2.34. The first-order valence-electron chi connectivity index (χ1n) is 5.41. The lowest BCUT2D eigenvalue weighted by molar-refractivity contribution is -0.384. The second kappa shape index (κ2) is 5.64. The maximum absolute atomic E-state index is 10.6. The van der Waals surface area contributed by atoms with Gasteiger partial charge in [0.05, 0.1) is 11.1 Å². The summed E-state index contributed by atoms with van der Waals surface area (Å²) in [5.74, 6) is -0.402. The number of amidine groups is 1. The lowest BCUT2D eigenvalue weighted by Crippen LogP contribution is -2.15. The van der Waals surface area contributed by atoms with E-state index in [0.29, 0.717) is 0 Å². The second-order valence-electron chi connectivity index (χ2n) is 3.73. The third-order valence-electron chi connectivity index (χ3n) is 2.34. The Kier molecular flexibility index (Phi) is 3.74. The van der Waals surface area contributed by atoms with E-state index in [-0.39, 0.29) is 34.3 Å². The van der Waals surface area contributed by atoms with Crippen LogP contribution in [0.15, 0.2) is 33.0 Å². The quantitative estimate of drug-likeness (QED) is 0.304. The summed E-state index contributed by atoms with van der Waals surface area (Å²) in [6.45, 7) is 0. The van der Waals surface area contributed by atoms with Crippen LogP contribution in [0.5, 0.6) is 5.75 Å². The molecule has 2 aromatic rings. The number of nitrogens with zero attached hydrogens (tertiary/aromatic N) is 5. The highest BCUT2D eigenvalue weighted by Gasteiger charge is 2.11. The number of hydrogen-bond donors (Lipinski definition) is 3. The molecule has 0 aliphatic carbocycles. The van der Waals surface area contributed by atoms with E-state index in [0.717, 1.165) is 18.3 Å². The summed E-state index contributed by atoms with van der Waals surface area (Å²) in [4.78, 5) is 10.0. The van der Waals surface area contributed by atoms with E-state index in [9.17, 15) is 15.2 Å². The van der Waals surface area contributed by atoms with Crippen molar-refractivity contribution in [3.8, 4) is 5.75 Å². The Balaban J connectivity index is 2.24. The number of hydrogen-bond acceptors (Lipinski definition) is 9. The number of nitro groups is 1. The number of phenolic OH excluding ortho intramolecular Hbond substituents is 1. The van der Waals surface area contributed by atoms with E-state index in [1.807, 2.05) is 0 Å². The van der Waals surface area contributed by atoms with E-state index in [1.54, 1.807) is 0 Å². The molecular weight excluding hydrogens is 282 g/mol. The Morgan fingerprint density at radius 3 is 2.86 bits per heavy atom. The number of aromatic nitrogens is 2. The fraction of sp³-hybridized carbons (Fsp3) is 0.